The van der Waals surface area contributed by atoms with Crippen molar-refractivity contribution < 1.29 is 9.53 Å². The van der Waals surface area contributed by atoms with E-state index in [0.717, 1.165) is 25.9 Å². The molecule has 4 heteroatoms. The first kappa shape index (κ1) is 14.5. The number of rotatable bonds is 6. The molecule has 0 aromatic heterocycles. The fourth-order valence-electron chi connectivity index (χ4n) is 2.21. The van der Waals surface area contributed by atoms with E-state index in [4.69, 9.17) is 10.5 Å². The van der Waals surface area contributed by atoms with Crippen LogP contribution in [-0.4, -0.2) is 31.7 Å². The average Bonchev–Trinajstić information content (AvgIpc) is 2.82. The van der Waals surface area contributed by atoms with Gasteiger partial charge in [0.05, 0.1) is 11.5 Å². The summed E-state index contributed by atoms with van der Waals surface area (Å²) < 4.78 is 5.61. The lowest BCUT2D eigenvalue weighted by Gasteiger charge is -2.26. The first-order chi connectivity index (χ1) is 8.07. The quantitative estimate of drug-likeness (QED) is 0.737. The van der Waals surface area contributed by atoms with Gasteiger partial charge in [0.25, 0.3) is 0 Å². The summed E-state index contributed by atoms with van der Waals surface area (Å²) in [5.74, 6) is 0.534. The van der Waals surface area contributed by atoms with Gasteiger partial charge in [-0.3, -0.25) is 4.79 Å². The zero-order chi connectivity index (χ0) is 12.9. The minimum absolute atomic E-state index is 0.0734. The zero-order valence-electron chi connectivity index (χ0n) is 11.3. The van der Waals surface area contributed by atoms with E-state index in [-0.39, 0.29) is 5.91 Å². The largest absolute Gasteiger partial charge is 0.378 e. The van der Waals surface area contributed by atoms with Crippen LogP contribution in [-0.2, 0) is 9.53 Å². The Labute approximate surface area is 104 Å². The summed E-state index contributed by atoms with van der Waals surface area (Å²) in [4.78, 5) is 12.0. The van der Waals surface area contributed by atoms with E-state index < -0.39 is 5.41 Å². The molecule has 1 fully saturated rings. The maximum Gasteiger partial charge on any atom is 0.227 e. The molecule has 3 unspecified atom stereocenters. The Morgan fingerprint density at radius 2 is 2.24 bits per heavy atom. The smallest absolute Gasteiger partial charge is 0.227 e. The van der Waals surface area contributed by atoms with E-state index in [1.807, 2.05) is 13.8 Å². The third kappa shape index (κ3) is 3.42. The molecule has 17 heavy (non-hydrogen) atoms. The molecule has 100 valence electrons. The number of hydrogen-bond acceptors (Lipinski definition) is 3. The van der Waals surface area contributed by atoms with Crippen LogP contribution in [0.5, 0.6) is 0 Å². The standard InChI is InChI=1S/C13H26N2O2/c1-4-11-10(6-7-17-11)8-15-12(16)13(3,5-2)9-14/h10-11H,4-9,14H2,1-3H3,(H,15,16). The van der Waals surface area contributed by atoms with Gasteiger partial charge in [0.1, 0.15) is 0 Å². The Hall–Kier alpha value is -0.610. The van der Waals surface area contributed by atoms with Crippen LogP contribution >= 0.6 is 0 Å². The van der Waals surface area contributed by atoms with Gasteiger partial charge in [-0.1, -0.05) is 13.8 Å². The van der Waals surface area contributed by atoms with Gasteiger partial charge in [0, 0.05) is 25.6 Å². The van der Waals surface area contributed by atoms with Crippen molar-refractivity contribution in [1.82, 2.24) is 5.32 Å². The lowest BCUT2D eigenvalue weighted by molar-refractivity contribution is -0.130. The summed E-state index contributed by atoms with van der Waals surface area (Å²) in [6.07, 6.45) is 3.14. The molecule has 1 saturated heterocycles. The summed E-state index contributed by atoms with van der Waals surface area (Å²) in [7, 11) is 0. The molecule has 1 heterocycles. The van der Waals surface area contributed by atoms with E-state index in [2.05, 4.69) is 12.2 Å². The van der Waals surface area contributed by atoms with E-state index >= 15 is 0 Å². The molecule has 3 atom stereocenters. The first-order valence-electron chi connectivity index (χ1n) is 6.67. The minimum atomic E-state index is -0.429. The van der Waals surface area contributed by atoms with E-state index in [9.17, 15) is 4.79 Å². The van der Waals surface area contributed by atoms with Crippen LogP contribution in [0.15, 0.2) is 0 Å². The second-order valence-corrected chi connectivity index (χ2v) is 5.19. The summed E-state index contributed by atoms with van der Waals surface area (Å²) >= 11 is 0. The van der Waals surface area contributed by atoms with Gasteiger partial charge in [0.15, 0.2) is 0 Å². The molecule has 0 aromatic rings. The fourth-order valence-corrected chi connectivity index (χ4v) is 2.21. The highest BCUT2D eigenvalue weighted by Gasteiger charge is 2.32. The normalized spacial score (nSPS) is 27.8. The van der Waals surface area contributed by atoms with Crippen molar-refractivity contribution in [1.29, 1.82) is 0 Å². The van der Waals surface area contributed by atoms with Crippen LogP contribution in [0.2, 0.25) is 0 Å². The second kappa shape index (κ2) is 6.36. The molecular weight excluding hydrogens is 216 g/mol. The Morgan fingerprint density at radius 1 is 1.53 bits per heavy atom. The molecule has 1 rings (SSSR count). The highest BCUT2D eigenvalue weighted by atomic mass is 16.5. The predicted octanol–water partition coefficient (Wildman–Crippen LogP) is 1.29. The van der Waals surface area contributed by atoms with Crippen molar-refractivity contribution >= 4 is 5.91 Å². The maximum atomic E-state index is 12.0. The predicted molar refractivity (Wildman–Crippen MR) is 68.6 cm³/mol. The van der Waals surface area contributed by atoms with Gasteiger partial charge in [0.2, 0.25) is 5.91 Å². The number of ether oxygens (including phenoxy) is 1. The van der Waals surface area contributed by atoms with Crippen molar-refractivity contribution in [2.75, 3.05) is 19.7 Å². The highest BCUT2D eigenvalue weighted by molar-refractivity contribution is 5.82. The molecule has 0 aromatic carbocycles. The molecule has 1 amide bonds. The van der Waals surface area contributed by atoms with Gasteiger partial charge in [-0.2, -0.15) is 0 Å². The van der Waals surface area contributed by atoms with Gasteiger partial charge in [-0.15, -0.1) is 0 Å². The van der Waals surface area contributed by atoms with Gasteiger partial charge >= 0.3 is 0 Å². The number of hydrogen-bond donors (Lipinski definition) is 2. The van der Waals surface area contributed by atoms with Crippen molar-refractivity contribution in [3.8, 4) is 0 Å². The topological polar surface area (TPSA) is 64.3 Å². The fraction of sp³-hybridized carbons (Fsp3) is 0.923. The number of nitrogens with one attached hydrogen (secondary N) is 1. The lowest BCUT2D eigenvalue weighted by atomic mass is 9.86. The molecular formula is C13H26N2O2. The second-order valence-electron chi connectivity index (χ2n) is 5.19. The van der Waals surface area contributed by atoms with Gasteiger partial charge in [-0.05, 0) is 26.2 Å². The van der Waals surface area contributed by atoms with E-state index in [1.54, 1.807) is 0 Å². The number of carbonyl (C=O) groups excluding carboxylic acids is 1. The van der Waals surface area contributed by atoms with Crippen molar-refractivity contribution in [3.05, 3.63) is 0 Å². The van der Waals surface area contributed by atoms with Crippen LogP contribution in [0.4, 0.5) is 0 Å². The van der Waals surface area contributed by atoms with Crippen molar-refractivity contribution in [2.45, 2.75) is 46.1 Å². The van der Waals surface area contributed by atoms with E-state index in [1.165, 1.54) is 0 Å². The molecule has 0 spiro atoms. The first-order valence-corrected chi connectivity index (χ1v) is 6.67. The molecule has 0 saturated carbocycles. The molecule has 1 aliphatic rings. The summed E-state index contributed by atoms with van der Waals surface area (Å²) in [5.41, 5.74) is 5.24. The van der Waals surface area contributed by atoms with Crippen molar-refractivity contribution in [2.24, 2.45) is 17.1 Å². The zero-order valence-corrected chi connectivity index (χ0v) is 11.3. The van der Waals surface area contributed by atoms with Crippen molar-refractivity contribution in [3.63, 3.8) is 0 Å². The molecule has 0 bridgehead atoms. The molecule has 0 aliphatic carbocycles. The summed E-state index contributed by atoms with van der Waals surface area (Å²) in [6, 6.07) is 0. The van der Waals surface area contributed by atoms with Gasteiger partial charge < -0.3 is 15.8 Å². The molecule has 3 N–H and O–H groups in total. The Bertz CT molecular complexity index is 252. The Morgan fingerprint density at radius 3 is 2.76 bits per heavy atom. The SMILES string of the molecule is CCC1OCCC1CNC(=O)C(C)(CC)CN. The Balaban J connectivity index is 2.42. The van der Waals surface area contributed by atoms with Crippen LogP contribution in [0.1, 0.15) is 40.0 Å². The van der Waals surface area contributed by atoms with Crippen LogP contribution < -0.4 is 11.1 Å². The molecule has 1 aliphatic heterocycles. The third-order valence-electron chi connectivity index (χ3n) is 4.05. The summed E-state index contributed by atoms with van der Waals surface area (Å²) in [6.45, 7) is 7.98. The molecule has 0 radical (unpaired) electrons. The lowest BCUT2D eigenvalue weighted by Crippen LogP contribution is -2.45. The number of nitrogens with two attached hydrogens (primary N) is 1. The highest BCUT2D eigenvalue weighted by Crippen LogP contribution is 2.24. The summed E-state index contributed by atoms with van der Waals surface area (Å²) in [5, 5.41) is 3.03. The van der Waals surface area contributed by atoms with Crippen LogP contribution in [0.25, 0.3) is 0 Å². The third-order valence-corrected chi connectivity index (χ3v) is 4.05. The van der Waals surface area contributed by atoms with E-state index in [0.29, 0.717) is 25.1 Å². The van der Waals surface area contributed by atoms with Gasteiger partial charge in [-0.25, -0.2) is 0 Å². The maximum absolute atomic E-state index is 12.0. The Kier molecular flexibility index (Phi) is 5.40. The van der Waals surface area contributed by atoms with Crippen LogP contribution in [0.3, 0.4) is 0 Å². The minimum Gasteiger partial charge on any atom is -0.378 e. The number of amides is 1. The molecule has 4 nitrogen and oxygen atoms in total. The average molecular weight is 242 g/mol. The number of carbonyl (C=O) groups is 1. The van der Waals surface area contributed by atoms with Crippen LogP contribution in [0, 0.1) is 11.3 Å². The monoisotopic (exact) mass is 242 g/mol.